The number of rotatable bonds is 9. The standard InChI is InChI=1S/C15H25N3O5S2.ClH/c1-3-24(19,20)18-14-10-13(23-2)4-5-15(14)25(21,22)17-9-7-12-6-8-16-11-12;/h4-5,10,12,16-18H,3,6-9,11H2,1-2H3;1H. The summed E-state index contributed by atoms with van der Waals surface area (Å²) in [6.07, 6.45) is 1.77. The summed E-state index contributed by atoms with van der Waals surface area (Å²) >= 11 is 0. The SMILES string of the molecule is CCS(=O)(=O)Nc1cc(OC)ccc1S(=O)(=O)NCCC1CCNC1.Cl. The van der Waals surface area contributed by atoms with Crippen LogP contribution in [0.2, 0.25) is 0 Å². The summed E-state index contributed by atoms with van der Waals surface area (Å²) in [4.78, 5) is -0.116. The molecule has 150 valence electrons. The van der Waals surface area contributed by atoms with E-state index in [1.54, 1.807) is 0 Å². The Kier molecular flexibility index (Phi) is 8.61. The number of ether oxygens (including phenoxy) is 1. The fraction of sp³-hybridized carbons (Fsp3) is 0.600. The van der Waals surface area contributed by atoms with Gasteiger partial charge in [0, 0.05) is 12.6 Å². The maximum absolute atomic E-state index is 12.6. The first kappa shape index (κ1) is 23.0. The third-order valence-electron chi connectivity index (χ3n) is 4.13. The Morgan fingerprint density at radius 2 is 2.00 bits per heavy atom. The van der Waals surface area contributed by atoms with E-state index in [1.165, 1.54) is 32.2 Å². The first-order chi connectivity index (χ1) is 11.8. The molecule has 1 aliphatic rings. The number of hydrogen-bond donors (Lipinski definition) is 3. The van der Waals surface area contributed by atoms with E-state index in [1.807, 2.05) is 0 Å². The molecular formula is C15H26ClN3O5S2. The van der Waals surface area contributed by atoms with Gasteiger partial charge in [-0.3, -0.25) is 4.72 Å². The molecule has 0 aliphatic carbocycles. The summed E-state index contributed by atoms with van der Waals surface area (Å²) in [5, 5.41) is 3.24. The summed E-state index contributed by atoms with van der Waals surface area (Å²) in [7, 11) is -6.03. The number of benzene rings is 1. The van der Waals surface area contributed by atoms with E-state index < -0.39 is 20.0 Å². The van der Waals surface area contributed by atoms with Gasteiger partial charge in [-0.2, -0.15) is 0 Å². The van der Waals surface area contributed by atoms with Crippen molar-refractivity contribution in [3.8, 4) is 5.75 Å². The molecule has 1 aromatic carbocycles. The smallest absolute Gasteiger partial charge is 0.242 e. The molecule has 1 aliphatic heterocycles. The van der Waals surface area contributed by atoms with Gasteiger partial charge in [0.25, 0.3) is 0 Å². The fourth-order valence-electron chi connectivity index (χ4n) is 2.63. The third kappa shape index (κ3) is 6.27. The molecule has 3 N–H and O–H groups in total. The van der Waals surface area contributed by atoms with Crippen LogP contribution in [-0.2, 0) is 20.0 Å². The van der Waals surface area contributed by atoms with E-state index in [9.17, 15) is 16.8 Å². The number of sulfonamides is 2. The van der Waals surface area contributed by atoms with Crippen LogP contribution < -0.4 is 19.5 Å². The van der Waals surface area contributed by atoms with E-state index >= 15 is 0 Å². The third-order valence-corrected chi connectivity index (χ3v) is 6.94. The van der Waals surface area contributed by atoms with Crippen LogP contribution in [0.1, 0.15) is 19.8 Å². The molecule has 0 saturated carbocycles. The van der Waals surface area contributed by atoms with Gasteiger partial charge < -0.3 is 10.1 Å². The molecule has 0 radical (unpaired) electrons. The molecule has 11 heteroatoms. The van der Waals surface area contributed by atoms with Crippen molar-refractivity contribution in [3.05, 3.63) is 18.2 Å². The van der Waals surface area contributed by atoms with Gasteiger partial charge in [0.05, 0.1) is 18.6 Å². The Bertz CT molecular complexity index is 793. The molecule has 0 spiro atoms. The maximum atomic E-state index is 12.6. The lowest BCUT2D eigenvalue weighted by Gasteiger charge is -2.15. The van der Waals surface area contributed by atoms with Crippen molar-refractivity contribution >= 4 is 38.1 Å². The maximum Gasteiger partial charge on any atom is 0.242 e. The van der Waals surface area contributed by atoms with E-state index in [2.05, 4.69) is 14.8 Å². The minimum Gasteiger partial charge on any atom is -0.497 e. The highest BCUT2D eigenvalue weighted by atomic mass is 35.5. The van der Waals surface area contributed by atoms with Gasteiger partial charge in [0.2, 0.25) is 20.0 Å². The zero-order valence-electron chi connectivity index (χ0n) is 14.8. The molecule has 0 amide bonds. The van der Waals surface area contributed by atoms with E-state index in [-0.39, 0.29) is 28.7 Å². The zero-order valence-corrected chi connectivity index (χ0v) is 17.3. The molecular weight excluding hydrogens is 402 g/mol. The predicted molar refractivity (Wildman–Crippen MR) is 104 cm³/mol. The van der Waals surface area contributed by atoms with Gasteiger partial charge in [-0.1, -0.05) is 0 Å². The first-order valence-electron chi connectivity index (χ1n) is 8.16. The molecule has 1 heterocycles. The summed E-state index contributed by atoms with van der Waals surface area (Å²) in [5.74, 6) is 0.660. The highest BCUT2D eigenvalue weighted by molar-refractivity contribution is 7.93. The highest BCUT2D eigenvalue weighted by Crippen LogP contribution is 2.27. The normalized spacial score (nSPS) is 17.5. The van der Waals surface area contributed by atoms with Crippen molar-refractivity contribution in [2.75, 3.05) is 37.2 Å². The minimum atomic E-state index is -3.84. The number of anilines is 1. The van der Waals surface area contributed by atoms with Crippen LogP contribution in [0.4, 0.5) is 5.69 Å². The van der Waals surface area contributed by atoms with Crippen LogP contribution in [0.3, 0.4) is 0 Å². The van der Waals surface area contributed by atoms with Gasteiger partial charge in [-0.15, -0.1) is 12.4 Å². The van der Waals surface area contributed by atoms with Gasteiger partial charge in [0.15, 0.2) is 0 Å². The quantitative estimate of drug-likeness (QED) is 0.545. The molecule has 1 saturated heterocycles. The summed E-state index contributed by atoms with van der Waals surface area (Å²) in [6, 6.07) is 4.19. The number of nitrogens with one attached hydrogen (secondary N) is 3. The topological polar surface area (TPSA) is 114 Å². The Morgan fingerprint density at radius 3 is 2.58 bits per heavy atom. The average molecular weight is 428 g/mol. The van der Waals surface area contributed by atoms with E-state index in [0.717, 1.165) is 25.9 Å². The highest BCUT2D eigenvalue weighted by Gasteiger charge is 2.22. The second-order valence-corrected chi connectivity index (χ2v) is 9.66. The lowest BCUT2D eigenvalue weighted by molar-refractivity contribution is 0.414. The number of methoxy groups -OCH3 is 1. The van der Waals surface area contributed by atoms with Crippen molar-refractivity contribution in [1.82, 2.24) is 10.0 Å². The average Bonchev–Trinajstić information content (AvgIpc) is 3.07. The molecule has 1 unspecified atom stereocenters. The van der Waals surface area contributed by atoms with Gasteiger partial charge in [-0.05, 0) is 50.9 Å². The second kappa shape index (κ2) is 9.75. The predicted octanol–water partition coefficient (Wildman–Crippen LogP) is 1.16. The molecule has 1 atom stereocenters. The Morgan fingerprint density at radius 1 is 1.27 bits per heavy atom. The Hall–Kier alpha value is -1.07. The number of halogens is 1. The Labute approximate surface area is 161 Å². The van der Waals surface area contributed by atoms with Crippen molar-refractivity contribution in [2.24, 2.45) is 5.92 Å². The van der Waals surface area contributed by atoms with E-state index in [0.29, 0.717) is 18.2 Å². The molecule has 0 bridgehead atoms. The van der Waals surface area contributed by atoms with Crippen molar-refractivity contribution in [2.45, 2.75) is 24.7 Å². The first-order valence-corrected chi connectivity index (χ1v) is 11.3. The molecule has 8 nitrogen and oxygen atoms in total. The van der Waals surface area contributed by atoms with Crippen LogP contribution >= 0.6 is 12.4 Å². The minimum absolute atomic E-state index is 0. The lowest BCUT2D eigenvalue weighted by atomic mass is 10.1. The molecule has 1 aromatic rings. The monoisotopic (exact) mass is 427 g/mol. The van der Waals surface area contributed by atoms with Crippen LogP contribution in [0, 0.1) is 5.92 Å². The zero-order chi connectivity index (χ0) is 18.5. The molecule has 0 aromatic heterocycles. The molecule has 26 heavy (non-hydrogen) atoms. The van der Waals surface area contributed by atoms with Crippen molar-refractivity contribution < 1.29 is 21.6 Å². The molecule has 1 fully saturated rings. The van der Waals surface area contributed by atoms with Crippen LogP contribution in [0.15, 0.2) is 23.1 Å². The molecule has 2 rings (SSSR count). The fourth-order valence-corrected chi connectivity index (χ4v) is 4.53. The second-order valence-electron chi connectivity index (χ2n) is 5.91. The number of hydrogen-bond acceptors (Lipinski definition) is 6. The van der Waals surface area contributed by atoms with Gasteiger partial charge in [0.1, 0.15) is 10.6 Å². The van der Waals surface area contributed by atoms with E-state index in [4.69, 9.17) is 4.74 Å². The Balaban J connectivity index is 0.00000338. The van der Waals surface area contributed by atoms with Crippen LogP contribution in [0.25, 0.3) is 0 Å². The van der Waals surface area contributed by atoms with Crippen molar-refractivity contribution in [1.29, 1.82) is 0 Å². The summed E-state index contributed by atoms with van der Waals surface area (Å²) in [5.41, 5.74) is -0.0174. The lowest BCUT2D eigenvalue weighted by Crippen LogP contribution is -2.28. The summed E-state index contributed by atoms with van der Waals surface area (Å²) < 4.78 is 58.8. The van der Waals surface area contributed by atoms with Gasteiger partial charge in [-0.25, -0.2) is 21.6 Å². The van der Waals surface area contributed by atoms with Gasteiger partial charge >= 0.3 is 0 Å². The van der Waals surface area contributed by atoms with Crippen LogP contribution in [-0.4, -0.2) is 49.3 Å². The van der Waals surface area contributed by atoms with Crippen LogP contribution in [0.5, 0.6) is 5.75 Å². The largest absolute Gasteiger partial charge is 0.497 e. The summed E-state index contributed by atoms with van der Waals surface area (Å²) in [6.45, 7) is 3.63. The van der Waals surface area contributed by atoms with Crippen molar-refractivity contribution in [3.63, 3.8) is 0 Å².